The van der Waals surface area contributed by atoms with Crippen LogP contribution in [0.5, 0.6) is 5.75 Å². The summed E-state index contributed by atoms with van der Waals surface area (Å²) in [5.74, 6) is 0.697. The van der Waals surface area contributed by atoms with Crippen molar-refractivity contribution < 1.29 is 9.53 Å². The van der Waals surface area contributed by atoms with Crippen LogP contribution < -0.4 is 20.9 Å². The molecule has 1 amide bonds. The Labute approximate surface area is 179 Å². The Morgan fingerprint density at radius 3 is 2.63 bits per heavy atom. The zero-order valence-electron chi connectivity index (χ0n) is 17.6. The van der Waals surface area contributed by atoms with Crippen molar-refractivity contribution >= 4 is 5.91 Å². The van der Waals surface area contributed by atoms with Crippen LogP contribution in [0.4, 0.5) is 0 Å². The number of ether oxygens (including phenoxy) is 1. The third kappa shape index (κ3) is 5.81. The number of rotatable bonds is 7. The Hall–Kier alpha value is -2.41. The average molecular weight is 409 g/mol. The summed E-state index contributed by atoms with van der Waals surface area (Å²) in [5, 5.41) is 2.98. The van der Waals surface area contributed by atoms with Gasteiger partial charge in [0.2, 0.25) is 0 Å². The van der Waals surface area contributed by atoms with Crippen molar-refractivity contribution in [1.29, 1.82) is 0 Å². The van der Waals surface area contributed by atoms with Crippen LogP contribution in [-0.4, -0.2) is 48.6 Å². The van der Waals surface area contributed by atoms with Gasteiger partial charge in [-0.25, -0.2) is 0 Å². The van der Waals surface area contributed by atoms with Crippen molar-refractivity contribution in [3.8, 4) is 5.75 Å². The highest BCUT2D eigenvalue weighted by molar-refractivity contribution is 5.94. The molecule has 0 aromatic heterocycles. The predicted molar refractivity (Wildman–Crippen MR) is 118 cm³/mol. The van der Waals surface area contributed by atoms with Gasteiger partial charge >= 0.3 is 0 Å². The molecule has 0 radical (unpaired) electrons. The van der Waals surface area contributed by atoms with Crippen molar-refractivity contribution in [2.45, 2.75) is 50.9 Å². The second kappa shape index (κ2) is 10.1. The van der Waals surface area contributed by atoms with Crippen LogP contribution in [0.1, 0.15) is 42.1 Å². The van der Waals surface area contributed by atoms with E-state index < -0.39 is 0 Å². The Morgan fingerprint density at radius 1 is 1.10 bits per heavy atom. The highest BCUT2D eigenvalue weighted by atomic mass is 16.5. The number of likely N-dealkylation sites (tertiary alicyclic amines) is 1. The zero-order chi connectivity index (χ0) is 20.8. The number of benzene rings is 2. The molecule has 3 N–H and O–H groups in total. The highest BCUT2D eigenvalue weighted by Crippen LogP contribution is 2.21. The largest absolute Gasteiger partial charge is 0.490 e. The molecule has 2 aliphatic heterocycles. The molecule has 2 aliphatic rings. The van der Waals surface area contributed by atoms with Gasteiger partial charge in [0.25, 0.3) is 5.91 Å². The van der Waals surface area contributed by atoms with Gasteiger partial charge < -0.3 is 15.0 Å². The van der Waals surface area contributed by atoms with Gasteiger partial charge in [-0.1, -0.05) is 36.4 Å². The van der Waals surface area contributed by atoms with E-state index in [0.29, 0.717) is 24.2 Å². The Bertz CT molecular complexity index is 821. The molecule has 4 rings (SSSR count). The maximum Gasteiger partial charge on any atom is 0.251 e. The van der Waals surface area contributed by atoms with E-state index in [0.717, 1.165) is 43.8 Å². The normalized spacial score (nSPS) is 22.7. The number of nitrogens with one attached hydrogen (secondary N) is 3. The maximum absolute atomic E-state index is 12.5. The van der Waals surface area contributed by atoms with E-state index >= 15 is 0 Å². The lowest BCUT2D eigenvalue weighted by Crippen LogP contribution is -2.45. The van der Waals surface area contributed by atoms with Gasteiger partial charge in [-0.2, -0.15) is 0 Å². The molecule has 2 saturated heterocycles. The van der Waals surface area contributed by atoms with E-state index in [4.69, 9.17) is 4.74 Å². The van der Waals surface area contributed by atoms with E-state index in [1.54, 1.807) is 0 Å². The Balaban J connectivity index is 1.24. The van der Waals surface area contributed by atoms with Gasteiger partial charge in [0.05, 0.1) is 0 Å². The van der Waals surface area contributed by atoms with Crippen LogP contribution in [0.25, 0.3) is 0 Å². The van der Waals surface area contributed by atoms with Gasteiger partial charge in [0.15, 0.2) is 0 Å². The van der Waals surface area contributed by atoms with Crippen molar-refractivity contribution in [3.05, 3.63) is 65.7 Å². The van der Waals surface area contributed by atoms with E-state index in [1.807, 2.05) is 54.6 Å². The molecule has 6 heteroatoms. The first-order valence-electron chi connectivity index (χ1n) is 11.0. The number of nitrogens with zero attached hydrogens (tertiary/aromatic N) is 1. The molecule has 160 valence electrons. The molecular formula is C24H32N4O2. The summed E-state index contributed by atoms with van der Waals surface area (Å²) in [6.07, 6.45) is 3.41. The minimum Gasteiger partial charge on any atom is -0.490 e. The second-order valence-corrected chi connectivity index (χ2v) is 8.44. The fourth-order valence-corrected chi connectivity index (χ4v) is 4.23. The zero-order valence-corrected chi connectivity index (χ0v) is 17.6. The molecule has 0 bridgehead atoms. The summed E-state index contributed by atoms with van der Waals surface area (Å²) < 4.78 is 6.21. The molecule has 0 spiro atoms. The lowest BCUT2D eigenvalue weighted by Gasteiger charge is -2.33. The average Bonchev–Trinajstić information content (AvgIpc) is 3.19. The Kier molecular flexibility index (Phi) is 7.00. The van der Waals surface area contributed by atoms with Crippen molar-refractivity contribution in [3.63, 3.8) is 0 Å². The van der Waals surface area contributed by atoms with Crippen LogP contribution >= 0.6 is 0 Å². The number of piperidine rings is 1. The number of carbonyl (C=O) groups is 1. The lowest BCUT2D eigenvalue weighted by molar-refractivity contribution is 0.0930. The fourth-order valence-electron chi connectivity index (χ4n) is 4.23. The third-order valence-corrected chi connectivity index (χ3v) is 5.88. The molecule has 2 heterocycles. The molecule has 2 aromatic carbocycles. The molecular weight excluding hydrogens is 376 g/mol. The monoisotopic (exact) mass is 408 g/mol. The predicted octanol–water partition coefficient (Wildman–Crippen LogP) is 2.71. The third-order valence-electron chi connectivity index (χ3n) is 5.88. The number of carbonyl (C=O) groups excluding carboxylic acids is 1. The Morgan fingerprint density at radius 2 is 1.90 bits per heavy atom. The van der Waals surface area contributed by atoms with Gasteiger partial charge in [-0.15, -0.1) is 0 Å². The van der Waals surface area contributed by atoms with E-state index in [9.17, 15) is 4.79 Å². The van der Waals surface area contributed by atoms with Crippen molar-refractivity contribution in [2.75, 3.05) is 19.6 Å². The van der Waals surface area contributed by atoms with Crippen molar-refractivity contribution in [1.82, 2.24) is 21.1 Å². The van der Waals surface area contributed by atoms with Gasteiger partial charge in [-0.05, 0) is 49.9 Å². The molecule has 0 saturated carbocycles. The first-order valence-corrected chi connectivity index (χ1v) is 11.0. The SMILES string of the molecule is CC1CC(CN2CCC(Oc3cccc(C(=O)NCc4ccccc4)c3)CC2)NN1. The summed E-state index contributed by atoms with van der Waals surface area (Å²) in [4.78, 5) is 15.0. The number of hydrazine groups is 1. The molecule has 2 unspecified atom stereocenters. The smallest absolute Gasteiger partial charge is 0.251 e. The van der Waals surface area contributed by atoms with E-state index in [2.05, 4.69) is 28.0 Å². The number of hydrogen-bond acceptors (Lipinski definition) is 5. The summed E-state index contributed by atoms with van der Waals surface area (Å²) in [7, 11) is 0. The lowest BCUT2D eigenvalue weighted by atomic mass is 10.1. The van der Waals surface area contributed by atoms with Gasteiger partial charge in [0, 0.05) is 43.8 Å². The molecule has 30 heavy (non-hydrogen) atoms. The molecule has 0 aliphatic carbocycles. The first-order chi connectivity index (χ1) is 14.7. The molecule has 2 fully saturated rings. The number of hydrogen-bond donors (Lipinski definition) is 3. The minimum absolute atomic E-state index is 0.0778. The van der Waals surface area contributed by atoms with E-state index in [-0.39, 0.29) is 12.0 Å². The van der Waals surface area contributed by atoms with Crippen LogP contribution in [0.15, 0.2) is 54.6 Å². The minimum atomic E-state index is -0.0778. The summed E-state index contributed by atoms with van der Waals surface area (Å²) in [5.41, 5.74) is 8.40. The summed E-state index contributed by atoms with van der Waals surface area (Å²) >= 11 is 0. The van der Waals surface area contributed by atoms with Gasteiger partial charge in [0.1, 0.15) is 11.9 Å². The van der Waals surface area contributed by atoms with Crippen molar-refractivity contribution in [2.24, 2.45) is 0 Å². The molecule has 2 atom stereocenters. The van der Waals surface area contributed by atoms with Crippen LogP contribution in [0.2, 0.25) is 0 Å². The second-order valence-electron chi connectivity index (χ2n) is 8.44. The first kappa shape index (κ1) is 20.8. The summed E-state index contributed by atoms with van der Waals surface area (Å²) in [6.45, 7) is 5.92. The fraction of sp³-hybridized carbons (Fsp3) is 0.458. The standard InChI is InChI=1S/C24H32N4O2/c1-18-14-21(27-26-18)17-28-12-10-22(11-13-28)30-23-9-5-8-20(15-23)24(29)25-16-19-6-3-2-4-7-19/h2-9,15,18,21-22,26-27H,10-14,16-17H2,1H3,(H,25,29). The topological polar surface area (TPSA) is 65.6 Å². The van der Waals surface area contributed by atoms with Crippen LogP contribution in [-0.2, 0) is 6.54 Å². The molecule has 2 aromatic rings. The van der Waals surface area contributed by atoms with Gasteiger partial charge in [-0.3, -0.25) is 15.6 Å². The highest BCUT2D eigenvalue weighted by Gasteiger charge is 2.26. The quantitative estimate of drug-likeness (QED) is 0.657. The maximum atomic E-state index is 12.5. The van der Waals surface area contributed by atoms with Crippen LogP contribution in [0, 0.1) is 0 Å². The van der Waals surface area contributed by atoms with E-state index in [1.165, 1.54) is 6.42 Å². The molecule has 6 nitrogen and oxygen atoms in total. The summed E-state index contributed by atoms with van der Waals surface area (Å²) in [6, 6.07) is 18.5. The van der Waals surface area contributed by atoms with Crippen LogP contribution in [0.3, 0.4) is 0 Å². The number of amides is 1.